The summed E-state index contributed by atoms with van der Waals surface area (Å²) in [6, 6.07) is 0.381. The van der Waals surface area contributed by atoms with Crippen LogP contribution < -0.4 is 10.0 Å². The number of ether oxygens (including phenoxy) is 1. The zero-order chi connectivity index (χ0) is 15.1. The molecule has 3 aliphatic rings. The molecular formula is C15H28N2O3S. The second-order valence-electron chi connectivity index (χ2n) is 7.46. The summed E-state index contributed by atoms with van der Waals surface area (Å²) in [5.74, 6) is 1.30. The Kier molecular flexibility index (Phi) is 4.34. The quantitative estimate of drug-likeness (QED) is 0.738. The summed E-state index contributed by atoms with van der Waals surface area (Å²) in [5, 5.41) is 3.45. The van der Waals surface area contributed by atoms with Crippen molar-refractivity contribution in [1.29, 1.82) is 0 Å². The van der Waals surface area contributed by atoms with E-state index in [1.807, 2.05) is 0 Å². The number of rotatable bonds is 7. The average molecular weight is 316 g/mol. The van der Waals surface area contributed by atoms with Crippen LogP contribution in [0.3, 0.4) is 0 Å². The fourth-order valence-corrected chi connectivity index (χ4v) is 5.12. The second-order valence-corrected chi connectivity index (χ2v) is 9.39. The fourth-order valence-electron chi connectivity index (χ4n) is 4.10. The van der Waals surface area contributed by atoms with Gasteiger partial charge in [-0.05, 0) is 25.2 Å². The predicted octanol–water partition coefficient (Wildman–Crippen LogP) is 1.11. The lowest BCUT2D eigenvalue weighted by atomic mass is 9.57. The first kappa shape index (κ1) is 15.7. The van der Waals surface area contributed by atoms with Gasteiger partial charge in [0.05, 0.1) is 11.9 Å². The van der Waals surface area contributed by atoms with Crippen LogP contribution in [0.15, 0.2) is 0 Å². The highest BCUT2D eigenvalue weighted by Gasteiger charge is 2.58. The molecule has 3 atom stereocenters. The maximum Gasteiger partial charge on any atom is 0.212 e. The van der Waals surface area contributed by atoms with Gasteiger partial charge in [0, 0.05) is 37.1 Å². The van der Waals surface area contributed by atoms with Crippen LogP contribution in [0.2, 0.25) is 0 Å². The molecule has 2 saturated carbocycles. The van der Waals surface area contributed by atoms with E-state index in [-0.39, 0.29) is 11.2 Å². The summed E-state index contributed by atoms with van der Waals surface area (Å²) in [6.07, 6.45) is 5.02. The van der Waals surface area contributed by atoms with Crippen LogP contribution >= 0.6 is 0 Å². The van der Waals surface area contributed by atoms with Gasteiger partial charge in [0.2, 0.25) is 10.0 Å². The number of fused-ring (bicyclic) bond motifs is 1. The molecule has 1 heterocycles. The molecule has 3 fully saturated rings. The molecule has 2 N–H and O–H groups in total. The molecular weight excluding hydrogens is 288 g/mol. The molecule has 0 bridgehead atoms. The normalized spacial score (nSPS) is 35.0. The van der Waals surface area contributed by atoms with Crippen LogP contribution in [0.25, 0.3) is 0 Å². The van der Waals surface area contributed by atoms with Gasteiger partial charge in [-0.25, -0.2) is 13.1 Å². The zero-order valence-corrected chi connectivity index (χ0v) is 13.9. The molecule has 21 heavy (non-hydrogen) atoms. The highest BCUT2D eigenvalue weighted by molar-refractivity contribution is 7.89. The van der Waals surface area contributed by atoms with E-state index < -0.39 is 10.0 Å². The summed E-state index contributed by atoms with van der Waals surface area (Å²) in [5.41, 5.74) is 0.115. The van der Waals surface area contributed by atoms with Gasteiger partial charge in [0.25, 0.3) is 0 Å². The minimum atomic E-state index is -3.14. The Morgan fingerprint density at radius 3 is 2.67 bits per heavy atom. The van der Waals surface area contributed by atoms with Gasteiger partial charge in [0.15, 0.2) is 0 Å². The topological polar surface area (TPSA) is 67.4 Å². The van der Waals surface area contributed by atoms with Crippen LogP contribution in [0.4, 0.5) is 0 Å². The molecule has 2 aliphatic carbocycles. The van der Waals surface area contributed by atoms with Gasteiger partial charge in [-0.2, -0.15) is 0 Å². The first-order valence-corrected chi connectivity index (χ1v) is 9.88. The summed E-state index contributed by atoms with van der Waals surface area (Å²) in [4.78, 5) is 0. The van der Waals surface area contributed by atoms with Crippen molar-refractivity contribution in [3.05, 3.63) is 0 Å². The first-order chi connectivity index (χ1) is 9.90. The van der Waals surface area contributed by atoms with Crippen LogP contribution in [-0.2, 0) is 14.8 Å². The predicted molar refractivity (Wildman–Crippen MR) is 82.5 cm³/mol. The SMILES string of the molecule is CC1(C)[C@H](NCCS(=O)(=O)NCC2CCC2)[C@@H]2CCO[C@@H]21. The molecule has 0 unspecified atom stereocenters. The van der Waals surface area contributed by atoms with Crippen LogP contribution in [0.5, 0.6) is 0 Å². The summed E-state index contributed by atoms with van der Waals surface area (Å²) >= 11 is 0. The monoisotopic (exact) mass is 316 g/mol. The number of sulfonamides is 1. The standard InChI is InChI=1S/C15H28N2O3S/c1-15(2)13(12-6-8-20-14(12)15)16-7-9-21(18,19)17-10-11-4-3-5-11/h11-14,16-17H,3-10H2,1-2H3/t12-,13+,14-/m0/s1. The van der Waals surface area contributed by atoms with Crippen molar-refractivity contribution in [2.45, 2.75) is 51.7 Å². The molecule has 0 amide bonds. The highest BCUT2D eigenvalue weighted by Crippen LogP contribution is 2.51. The van der Waals surface area contributed by atoms with E-state index in [1.165, 1.54) is 19.3 Å². The Bertz CT molecular complexity index is 473. The fraction of sp³-hybridized carbons (Fsp3) is 1.00. The van der Waals surface area contributed by atoms with Crippen molar-refractivity contribution in [3.8, 4) is 0 Å². The molecule has 0 spiro atoms. The summed E-state index contributed by atoms with van der Waals surface area (Å²) in [6.45, 7) is 6.41. The van der Waals surface area contributed by atoms with Crippen molar-refractivity contribution >= 4 is 10.0 Å². The largest absolute Gasteiger partial charge is 0.377 e. The van der Waals surface area contributed by atoms with E-state index in [1.54, 1.807) is 0 Å². The Balaban J connectivity index is 1.41. The van der Waals surface area contributed by atoms with Crippen molar-refractivity contribution < 1.29 is 13.2 Å². The van der Waals surface area contributed by atoms with Gasteiger partial charge in [-0.3, -0.25) is 0 Å². The van der Waals surface area contributed by atoms with Gasteiger partial charge in [-0.15, -0.1) is 0 Å². The number of hydrogen-bond acceptors (Lipinski definition) is 4. The molecule has 5 nitrogen and oxygen atoms in total. The van der Waals surface area contributed by atoms with Crippen LogP contribution in [-0.4, -0.2) is 46.0 Å². The smallest absolute Gasteiger partial charge is 0.212 e. The third kappa shape index (κ3) is 3.14. The maximum atomic E-state index is 12.0. The van der Waals surface area contributed by atoms with Crippen molar-refractivity contribution in [2.24, 2.45) is 17.3 Å². The molecule has 3 rings (SSSR count). The molecule has 122 valence electrons. The molecule has 0 radical (unpaired) electrons. The summed E-state index contributed by atoms with van der Waals surface area (Å²) in [7, 11) is -3.14. The Hall–Kier alpha value is -0.170. The lowest BCUT2D eigenvalue weighted by Gasteiger charge is -2.55. The van der Waals surface area contributed by atoms with E-state index in [2.05, 4.69) is 23.9 Å². The third-order valence-corrected chi connectivity index (χ3v) is 7.00. The average Bonchev–Trinajstić information content (AvgIpc) is 2.79. The lowest BCUT2D eigenvalue weighted by molar-refractivity contribution is -0.111. The lowest BCUT2D eigenvalue weighted by Crippen LogP contribution is -2.66. The highest BCUT2D eigenvalue weighted by atomic mass is 32.2. The van der Waals surface area contributed by atoms with E-state index >= 15 is 0 Å². The summed E-state index contributed by atoms with van der Waals surface area (Å²) < 4.78 is 32.5. The third-order valence-electron chi connectivity index (χ3n) is 5.65. The molecule has 1 saturated heterocycles. The first-order valence-electron chi connectivity index (χ1n) is 8.22. The molecule has 0 aromatic rings. The number of nitrogens with one attached hydrogen (secondary N) is 2. The van der Waals surface area contributed by atoms with Gasteiger partial charge in [-0.1, -0.05) is 20.3 Å². The Labute approximate surface area is 128 Å². The van der Waals surface area contributed by atoms with E-state index in [0.717, 1.165) is 13.0 Å². The van der Waals surface area contributed by atoms with E-state index in [9.17, 15) is 8.42 Å². The number of hydrogen-bond donors (Lipinski definition) is 2. The molecule has 1 aliphatic heterocycles. The van der Waals surface area contributed by atoms with Crippen molar-refractivity contribution in [1.82, 2.24) is 10.0 Å². The molecule has 0 aromatic carbocycles. The zero-order valence-electron chi connectivity index (χ0n) is 13.1. The molecule has 0 aromatic heterocycles. The minimum absolute atomic E-state index is 0.115. The Morgan fingerprint density at radius 2 is 2.00 bits per heavy atom. The second kappa shape index (κ2) is 5.80. The Morgan fingerprint density at radius 1 is 1.24 bits per heavy atom. The van der Waals surface area contributed by atoms with E-state index in [4.69, 9.17) is 4.74 Å². The van der Waals surface area contributed by atoms with Gasteiger partial charge >= 0.3 is 0 Å². The van der Waals surface area contributed by atoms with Crippen molar-refractivity contribution in [3.63, 3.8) is 0 Å². The van der Waals surface area contributed by atoms with Gasteiger partial charge < -0.3 is 10.1 Å². The minimum Gasteiger partial charge on any atom is -0.377 e. The molecule has 6 heteroatoms. The van der Waals surface area contributed by atoms with Gasteiger partial charge in [0.1, 0.15) is 0 Å². The maximum absolute atomic E-state index is 12.0. The van der Waals surface area contributed by atoms with Crippen LogP contribution in [0, 0.1) is 17.3 Å². The van der Waals surface area contributed by atoms with Crippen molar-refractivity contribution in [2.75, 3.05) is 25.4 Å². The van der Waals surface area contributed by atoms with Crippen LogP contribution in [0.1, 0.15) is 39.5 Å². The van der Waals surface area contributed by atoms with E-state index in [0.29, 0.717) is 37.1 Å².